The van der Waals surface area contributed by atoms with Crippen LogP contribution in [-0.4, -0.2) is 11.9 Å². The highest BCUT2D eigenvalue weighted by Gasteiger charge is 2.25. The van der Waals surface area contributed by atoms with Crippen molar-refractivity contribution in [2.45, 2.75) is 19.9 Å². The second kappa shape index (κ2) is 3.86. The van der Waals surface area contributed by atoms with Crippen molar-refractivity contribution >= 4 is 17.3 Å². The molecule has 82 valence electrons. The Balaban J connectivity index is 2.44. The van der Waals surface area contributed by atoms with Gasteiger partial charge in [0, 0.05) is 6.04 Å². The molecule has 1 aliphatic rings. The zero-order chi connectivity index (χ0) is 11.7. The van der Waals surface area contributed by atoms with E-state index in [2.05, 4.69) is 16.7 Å². The number of nitrogens with zero attached hydrogens (tertiary/aromatic N) is 1. The quantitative estimate of drug-likeness (QED) is 0.695. The summed E-state index contributed by atoms with van der Waals surface area (Å²) in [5, 5.41) is 14.9. The summed E-state index contributed by atoms with van der Waals surface area (Å²) >= 11 is 0. The number of carbonyl (C=O) groups excluding carboxylic acids is 1. The second-order valence-electron chi connectivity index (χ2n) is 4.08. The summed E-state index contributed by atoms with van der Waals surface area (Å²) in [6.45, 7) is 3.84. The van der Waals surface area contributed by atoms with Gasteiger partial charge in [0.2, 0.25) is 5.91 Å². The van der Waals surface area contributed by atoms with E-state index in [9.17, 15) is 4.79 Å². The number of benzene rings is 1. The average molecular weight is 215 g/mol. The SMILES string of the molecule is CC1Nc2cc(C#N)ccc2NC(=O)C1C. The number of hydrogen-bond acceptors (Lipinski definition) is 3. The van der Waals surface area contributed by atoms with E-state index in [0.29, 0.717) is 5.56 Å². The topological polar surface area (TPSA) is 64.9 Å². The van der Waals surface area contributed by atoms with Crippen LogP contribution < -0.4 is 10.6 Å². The van der Waals surface area contributed by atoms with Crippen LogP contribution in [0.2, 0.25) is 0 Å². The summed E-state index contributed by atoms with van der Waals surface area (Å²) in [6, 6.07) is 7.34. The smallest absolute Gasteiger partial charge is 0.229 e. The molecule has 1 aromatic rings. The largest absolute Gasteiger partial charge is 0.380 e. The van der Waals surface area contributed by atoms with Crippen LogP contribution in [0.15, 0.2) is 18.2 Å². The number of carbonyl (C=O) groups is 1. The number of hydrogen-bond donors (Lipinski definition) is 2. The molecule has 0 saturated carbocycles. The average Bonchev–Trinajstić information content (AvgIpc) is 2.38. The molecule has 4 heteroatoms. The molecule has 1 amide bonds. The minimum atomic E-state index is -0.0991. The molecule has 4 nitrogen and oxygen atoms in total. The molecule has 1 heterocycles. The molecular weight excluding hydrogens is 202 g/mol. The summed E-state index contributed by atoms with van der Waals surface area (Å²) in [4.78, 5) is 11.7. The minimum Gasteiger partial charge on any atom is -0.380 e. The normalized spacial score (nSPS) is 23.4. The molecule has 0 aliphatic carbocycles. The first kappa shape index (κ1) is 10.5. The first-order chi connectivity index (χ1) is 7.61. The van der Waals surface area contributed by atoms with E-state index in [1.54, 1.807) is 18.2 Å². The highest BCUT2D eigenvalue weighted by atomic mass is 16.1. The van der Waals surface area contributed by atoms with Crippen molar-refractivity contribution in [2.75, 3.05) is 10.6 Å². The number of nitrogens with one attached hydrogen (secondary N) is 2. The molecule has 1 aromatic carbocycles. The molecule has 0 saturated heterocycles. The Labute approximate surface area is 94.3 Å². The van der Waals surface area contributed by atoms with E-state index < -0.39 is 0 Å². The first-order valence-electron chi connectivity index (χ1n) is 5.23. The summed E-state index contributed by atoms with van der Waals surface area (Å²) in [5.41, 5.74) is 2.13. The molecule has 0 aromatic heterocycles. The van der Waals surface area contributed by atoms with Crippen LogP contribution in [0.1, 0.15) is 19.4 Å². The van der Waals surface area contributed by atoms with Crippen LogP contribution in [0.25, 0.3) is 0 Å². The number of amides is 1. The van der Waals surface area contributed by atoms with Crippen molar-refractivity contribution in [1.29, 1.82) is 5.26 Å². The lowest BCUT2D eigenvalue weighted by Crippen LogP contribution is -2.30. The predicted molar refractivity (Wildman–Crippen MR) is 62.0 cm³/mol. The van der Waals surface area contributed by atoms with Crippen molar-refractivity contribution in [3.8, 4) is 6.07 Å². The molecule has 2 atom stereocenters. The van der Waals surface area contributed by atoms with Crippen molar-refractivity contribution in [1.82, 2.24) is 0 Å². The van der Waals surface area contributed by atoms with Crippen LogP contribution >= 0.6 is 0 Å². The fourth-order valence-electron chi connectivity index (χ4n) is 1.69. The Bertz CT molecular complexity index is 476. The first-order valence-corrected chi connectivity index (χ1v) is 5.23. The minimum absolute atomic E-state index is 0.00320. The van der Waals surface area contributed by atoms with Gasteiger partial charge in [0.25, 0.3) is 0 Å². The second-order valence-corrected chi connectivity index (χ2v) is 4.08. The predicted octanol–water partition coefficient (Wildman–Crippen LogP) is 1.95. The third-order valence-electron chi connectivity index (χ3n) is 2.95. The van der Waals surface area contributed by atoms with Crippen molar-refractivity contribution in [3.63, 3.8) is 0 Å². The molecule has 0 fully saturated rings. The standard InChI is InChI=1S/C12H13N3O/c1-7-8(2)14-11-5-9(6-13)3-4-10(11)15-12(7)16/h3-5,7-8,14H,1-2H3,(H,15,16). The molecular formula is C12H13N3O. The van der Waals surface area contributed by atoms with Gasteiger partial charge in [0.15, 0.2) is 0 Å². The van der Waals surface area contributed by atoms with E-state index in [-0.39, 0.29) is 17.9 Å². The fourth-order valence-corrected chi connectivity index (χ4v) is 1.69. The van der Waals surface area contributed by atoms with Crippen molar-refractivity contribution < 1.29 is 4.79 Å². The maximum atomic E-state index is 11.7. The van der Waals surface area contributed by atoms with Gasteiger partial charge >= 0.3 is 0 Å². The summed E-state index contributed by atoms with van der Waals surface area (Å²) in [7, 11) is 0. The van der Waals surface area contributed by atoms with Crippen LogP contribution in [0.4, 0.5) is 11.4 Å². The summed E-state index contributed by atoms with van der Waals surface area (Å²) < 4.78 is 0. The third-order valence-corrected chi connectivity index (χ3v) is 2.95. The van der Waals surface area contributed by atoms with E-state index in [0.717, 1.165) is 11.4 Å². The van der Waals surface area contributed by atoms with Gasteiger partial charge in [-0.1, -0.05) is 6.92 Å². The van der Waals surface area contributed by atoms with Crippen LogP contribution in [-0.2, 0) is 4.79 Å². The maximum Gasteiger partial charge on any atom is 0.229 e. The van der Waals surface area contributed by atoms with Gasteiger partial charge in [-0.25, -0.2) is 0 Å². The van der Waals surface area contributed by atoms with Gasteiger partial charge in [-0.15, -0.1) is 0 Å². The Morgan fingerprint density at radius 2 is 2.06 bits per heavy atom. The third kappa shape index (κ3) is 1.72. The lowest BCUT2D eigenvalue weighted by molar-refractivity contribution is -0.119. The van der Waals surface area contributed by atoms with Crippen LogP contribution in [0, 0.1) is 17.2 Å². The highest BCUT2D eigenvalue weighted by Crippen LogP contribution is 2.28. The van der Waals surface area contributed by atoms with Gasteiger partial charge in [-0.2, -0.15) is 5.26 Å². The van der Waals surface area contributed by atoms with Gasteiger partial charge in [0.1, 0.15) is 0 Å². The molecule has 0 radical (unpaired) electrons. The van der Waals surface area contributed by atoms with E-state index in [1.165, 1.54) is 0 Å². The van der Waals surface area contributed by atoms with Gasteiger partial charge in [-0.3, -0.25) is 4.79 Å². The Kier molecular flexibility index (Phi) is 2.53. The van der Waals surface area contributed by atoms with Crippen LogP contribution in [0.3, 0.4) is 0 Å². The van der Waals surface area contributed by atoms with Gasteiger partial charge < -0.3 is 10.6 Å². The molecule has 0 bridgehead atoms. The monoisotopic (exact) mass is 215 g/mol. The van der Waals surface area contributed by atoms with Crippen LogP contribution in [0.5, 0.6) is 0 Å². The molecule has 2 rings (SSSR count). The lowest BCUT2D eigenvalue weighted by Gasteiger charge is -2.16. The maximum absolute atomic E-state index is 11.7. The Morgan fingerprint density at radius 3 is 2.75 bits per heavy atom. The van der Waals surface area contributed by atoms with Gasteiger partial charge in [-0.05, 0) is 25.1 Å². The van der Waals surface area contributed by atoms with E-state index >= 15 is 0 Å². The fraction of sp³-hybridized carbons (Fsp3) is 0.333. The van der Waals surface area contributed by atoms with E-state index in [4.69, 9.17) is 5.26 Å². The van der Waals surface area contributed by atoms with Gasteiger partial charge in [0.05, 0.1) is 28.9 Å². The van der Waals surface area contributed by atoms with Crippen molar-refractivity contribution in [3.05, 3.63) is 23.8 Å². The molecule has 2 N–H and O–H groups in total. The molecule has 0 spiro atoms. The number of fused-ring (bicyclic) bond motifs is 1. The zero-order valence-corrected chi connectivity index (χ0v) is 9.24. The summed E-state index contributed by atoms with van der Waals surface area (Å²) in [5.74, 6) is -0.0959. The molecule has 16 heavy (non-hydrogen) atoms. The number of anilines is 2. The Morgan fingerprint density at radius 1 is 1.31 bits per heavy atom. The Hall–Kier alpha value is -2.02. The lowest BCUT2D eigenvalue weighted by atomic mass is 10.0. The number of nitriles is 1. The van der Waals surface area contributed by atoms with Crippen molar-refractivity contribution in [2.24, 2.45) is 5.92 Å². The van der Waals surface area contributed by atoms with E-state index in [1.807, 2.05) is 13.8 Å². The zero-order valence-electron chi connectivity index (χ0n) is 9.24. The number of rotatable bonds is 0. The highest BCUT2D eigenvalue weighted by molar-refractivity contribution is 5.97. The molecule has 1 aliphatic heterocycles. The molecule has 2 unspecified atom stereocenters. The summed E-state index contributed by atoms with van der Waals surface area (Å²) in [6.07, 6.45) is 0.